The monoisotopic (exact) mass is 331 g/mol. The van der Waals surface area contributed by atoms with E-state index in [1.807, 2.05) is 6.92 Å². The van der Waals surface area contributed by atoms with Crippen molar-refractivity contribution in [3.05, 3.63) is 17.1 Å². The Labute approximate surface area is 147 Å². The summed E-state index contributed by atoms with van der Waals surface area (Å²) >= 11 is 0. The van der Waals surface area contributed by atoms with Crippen molar-refractivity contribution in [2.24, 2.45) is 0 Å². The molecule has 2 fully saturated rings. The summed E-state index contributed by atoms with van der Waals surface area (Å²) in [6, 6.07) is 0.787. The Balaban J connectivity index is 1.55. The molecule has 2 aliphatic heterocycles. The number of nitrogens with zero attached hydrogens (tertiary/aromatic N) is 5. The van der Waals surface area contributed by atoms with Gasteiger partial charge in [0, 0.05) is 43.5 Å². The predicted molar refractivity (Wildman–Crippen MR) is 99.8 cm³/mol. The zero-order chi connectivity index (χ0) is 17.1. The zero-order valence-electron chi connectivity index (χ0n) is 15.9. The minimum Gasteiger partial charge on any atom is -0.354 e. The Bertz CT molecular complexity index is 543. The lowest BCUT2D eigenvalue weighted by atomic mass is 10.0. The van der Waals surface area contributed by atoms with Gasteiger partial charge >= 0.3 is 0 Å². The molecule has 1 aromatic heterocycles. The van der Waals surface area contributed by atoms with Crippen LogP contribution in [0.2, 0.25) is 0 Å². The SMILES string of the molecule is CCCN1CCC(N2CCN(c3nc(C)nc(C)c3C)CC2)CC1. The van der Waals surface area contributed by atoms with Crippen molar-refractivity contribution < 1.29 is 0 Å². The standard InChI is InChI=1S/C19H33N5/c1-5-8-22-9-6-18(7-10-22)23-11-13-24(14-12-23)19-15(2)16(3)20-17(4)21-19/h18H,5-14H2,1-4H3. The molecule has 0 N–H and O–H groups in total. The Hall–Kier alpha value is -1.20. The van der Waals surface area contributed by atoms with Gasteiger partial charge in [-0.3, -0.25) is 4.90 Å². The smallest absolute Gasteiger partial charge is 0.135 e. The van der Waals surface area contributed by atoms with Crippen molar-refractivity contribution >= 4 is 5.82 Å². The van der Waals surface area contributed by atoms with Crippen LogP contribution in [0.1, 0.15) is 43.3 Å². The average Bonchev–Trinajstić information content (AvgIpc) is 2.59. The summed E-state index contributed by atoms with van der Waals surface area (Å²) in [7, 11) is 0. The second kappa shape index (κ2) is 7.79. The van der Waals surface area contributed by atoms with Gasteiger partial charge in [0.15, 0.2) is 0 Å². The van der Waals surface area contributed by atoms with Crippen LogP contribution in [0, 0.1) is 20.8 Å². The van der Waals surface area contributed by atoms with Gasteiger partial charge in [-0.15, -0.1) is 0 Å². The highest BCUT2D eigenvalue weighted by Gasteiger charge is 2.28. The van der Waals surface area contributed by atoms with Crippen molar-refractivity contribution in [1.82, 2.24) is 19.8 Å². The van der Waals surface area contributed by atoms with Crippen LogP contribution in [0.3, 0.4) is 0 Å². The van der Waals surface area contributed by atoms with E-state index in [-0.39, 0.29) is 0 Å². The summed E-state index contributed by atoms with van der Waals surface area (Å²) in [5, 5.41) is 0. The molecule has 0 saturated carbocycles. The highest BCUT2D eigenvalue weighted by atomic mass is 15.3. The van der Waals surface area contributed by atoms with Crippen LogP contribution in [0.5, 0.6) is 0 Å². The van der Waals surface area contributed by atoms with Crippen LogP contribution in [-0.2, 0) is 0 Å². The highest BCUT2D eigenvalue weighted by Crippen LogP contribution is 2.23. The number of piperidine rings is 1. The van der Waals surface area contributed by atoms with Gasteiger partial charge in [0.25, 0.3) is 0 Å². The molecule has 3 heterocycles. The number of hydrogen-bond acceptors (Lipinski definition) is 5. The number of piperazine rings is 1. The molecule has 5 heteroatoms. The largest absolute Gasteiger partial charge is 0.354 e. The van der Waals surface area contributed by atoms with Crippen LogP contribution in [0.25, 0.3) is 0 Å². The number of anilines is 1. The van der Waals surface area contributed by atoms with Crippen LogP contribution in [-0.4, -0.2) is 71.6 Å². The lowest BCUT2D eigenvalue weighted by Gasteiger charge is -2.43. The van der Waals surface area contributed by atoms with Gasteiger partial charge in [0.05, 0.1) is 0 Å². The molecule has 3 rings (SSSR count). The molecule has 0 aliphatic carbocycles. The lowest BCUT2D eigenvalue weighted by Crippen LogP contribution is -2.53. The minimum atomic E-state index is 0.787. The number of hydrogen-bond donors (Lipinski definition) is 0. The van der Waals surface area contributed by atoms with Gasteiger partial charge in [0.1, 0.15) is 11.6 Å². The fourth-order valence-corrected chi connectivity index (χ4v) is 4.18. The second-order valence-corrected chi connectivity index (χ2v) is 7.40. The van der Waals surface area contributed by atoms with Crippen molar-refractivity contribution in [1.29, 1.82) is 0 Å². The highest BCUT2D eigenvalue weighted by molar-refractivity contribution is 5.48. The summed E-state index contributed by atoms with van der Waals surface area (Å²) < 4.78 is 0. The summed E-state index contributed by atoms with van der Waals surface area (Å²) in [5.41, 5.74) is 2.35. The molecule has 1 aromatic rings. The molecule has 0 radical (unpaired) electrons. The first-order valence-corrected chi connectivity index (χ1v) is 9.61. The first-order chi connectivity index (χ1) is 11.6. The fourth-order valence-electron chi connectivity index (χ4n) is 4.18. The van der Waals surface area contributed by atoms with E-state index in [9.17, 15) is 0 Å². The van der Waals surface area contributed by atoms with Gasteiger partial charge in [-0.1, -0.05) is 6.92 Å². The summed E-state index contributed by atoms with van der Waals surface area (Å²) in [6.07, 6.45) is 3.95. The van der Waals surface area contributed by atoms with E-state index < -0.39 is 0 Å². The van der Waals surface area contributed by atoms with Crippen molar-refractivity contribution in [3.63, 3.8) is 0 Å². The number of aryl methyl sites for hydroxylation is 2. The molecule has 2 saturated heterocycles. The molecule has 0 unspecified atom stereocenters. The van der Waals surface area contributed by atoms with E-state index in [0.29, 0.717) is 0 Å². The molecule has 24 heavy (non-hydrogen) atoms. The Morgan fingerprint density at radius 3 is 2.21 bits per heavy atom. The van der Waals surface area contributed by atoms with Gasteiger partial charge in [0.2, 0.25) is 0 Å². The third kappa shape index (κ3) is 3.89. The van der Waals surface area contributed by atoms with Gasteiger partial charge in [-0.05, 0) is 59.7 Å². The Morgan fingerprint density at radius 1 is 0.917 bits per heavy atom. The maximum Gasteiger partial charge on any atom is 0.135 e. The molecule has 0 atom stereocenters. The van der Waals surface area contributed by atoms with Gasteiger partial charge in [-0.2, -0.15) is 0 Å². The summed E-state index contributed by atoms with van der Waals surface area (Å²) in [5.74, 6) is 2.04. The van der Waals surface area contributed by atoms with Gasteiger partial charge < -0.3 is 9.80 Å². The molecule has 0 spiro atoms. The Kier molecular flexibility index (Phi) is 5.72. The van der Waals surface area contributed by atoms with Gasteiger partial charge in [-0.25, -0.2) is 9.97 Å². The molecular weight excluding hydrogens is 298 g/mol. The van der Waals surface area contributed by atoms with Crippen molar-refractivity contribution in [3.8, 4) is 0 Å². The molecule has 134 valence electrons. The third-order valence-corrected chi connectivity index (χ3v) is 5.70. The van der Waals surface area contributed by atoms with E-state index in [2.05, 4.69) is 40.5 Å². The molecule has 0 bridgehead atoms. The maximum atomic E-state index is 4.71. The molecule has 5 nitrogen and oxygen atoms in total. The average molecular weight is 332 g/mol. The van der Waals surface area contributed by atoms with E-state index >= 15 is 0 Å². The number of aromatic nitrogens is 2. The van der Waals surface area contributed by atoms with Crippen LogP contribution < -0.4 is 4.90 Å². The molecule has 0 aromatic carbocycles. The van der Waals surface area contributed by atoms with E-state index in [1.165, 1.54) is 57.5 Å². The van der Waals surface area contributed by atoms with Crippen molar-refractivity contribution in [2.75, 3.05) is 50.7 Å². The quantitative estimate of drug-likeness (QED) is 0.846. The summed E-state index contributed by atoms with van der Waals surface area (Å²) in [4.78, 5) is 17.0. The normalized spacial score (nSPS) is 21.4. The zero-order valence-corrected chi connectivity index (χ0v) is 15.9. The maximum absolute atomic E-state index is 4.71. The summed E-state index contributed by atoms with van der Waals surface area (Å²) in [6.45, 7) is 16.9. The third-order valence-electron chi connectivity index (χ3n) is 5.70. The van der Waals surface area contributed by atoms with Crippen LogP contribution >= 0.6 is 0 Å². The number of likely N-dealkylation sites (tertiary alicyclic amines) is 1. The molecule has 2 aliphatic rings. The minimum absolute atomic E-state index is 0.787. The van der Waals surface area contributed by atoms with Crippen LogP contribution in [0.15, 0.2) is 0 Å². The van der Waals surface area contributed by atoms with E-state index in [1.54, 1.807) is 0 Å². The van der Waals surface area contributed by atoms with E-state index in [4.69, 9.17) is 4.98 Å². The lowest BCUT2D eigenvalue weighted by molar-refractivity contribution is 0.103. The fraction of sp³-hybridized carbons (Fsp3) is 0.789. The predicted octanol–water partition coefficient (Wildman–Crippen LogP) is 2.40. The topological polar surface area (TPSA) is 35.5 Å². The Morgan fingerprint density at radius 2 is 1.58 bits per heavy atom. The number of rotatable bonds is 4. The first kappa shape index (κ1) is 17.6. The first-order valence-electron chi connectivity index (χ1n) is 9.61. The van der Waals surface area contributed by atoms with E-state index in [0.717, 1.165) is 36.5 Å². The van der Waals surface area contributed by atoms with Crippen molar-refractivity contribution in [2.45, 2.75) is 53.0 Å². The second-order valence-electron chi connectivity index (χ2n) is 7.40. The molecular formula is C19H33N5. The molecule has 0 amide bonds. The van der Waals surface area contributed by atoms with Crippen LogP contribution in [0.4, 0.5) is 5.82 Å².